The molecule has 116 valence electrons. The number of nitrogens with one attached hydrogen (secondary N) is 1. The van der Waals surface area contributed by atoms with Crippen molar-refractivity contribution in [3.63, 3.8) is 0 Å². The molecule has 0 aliphatic carbocycles. The molecule has 0 spiro atoms. The normalized spacial score (nSPS) is 12.8. The van der Waals surface area contributed by atoms with Crippen molar-refractivity contribution in [1.82, 2.24) is 5.32 Å². The maximum Gasteiger partial charge on any atom is 0.417 e. The molecular weight excluding hydrogens is 355 g/mol. The molecule has 0 heterocycles. The van der Waals surface area contributed by atoms with Crippen molar-refractivity contribution in [3.8, 4) is 0 Å². The van der Waals surface area contributed by atoms with Gasteiger partial charge in [-0.2, -0.15) is 13.2 Å². The Hall–Kier alpha value is -1.57. The number of hydrogen-bond acceptors (Lipinski definition) is 2. The van der Waals surface area contributed by atoms with Crippen LogP contribution in [0.4, 0.5) is 13.2 Å². The molecule has 0 aromatic heterocycles. The lowest BCUT2D eigenvalue weighted by atomic mass is 10.1. The first-order valence-corrected chi connectivity index (χ1v) is 6.86. The van der Waals surface area contributed by atoms with Crippen LogP contribution in [0.25, 0.3) is 0 Å². The highest BCUT2D eigenvalue weighted by atomic mass is 79.9. The third kappa shape index (κ3) is 4.73. The average Bonchev–Trinajstić information content (AvgIpc) is 2.36. The first-order chi connectivity index (χ1) is 9.66. The van der Waals surface area contributed by atoms with Crippen LogP contribution in [0, 0.1) is 0 Å². The number of halogens is 4. The van der Waals surface area contributed by atoms with E-state index in [2.05, 4.69) is 21.2 Å². The maximum absolute atomic E-state index is 12.9. The first kappa shape index (κ1) is 17.5. The van der Waals surface area contributed by atoms with E-state index in [0.29, 0.717) is 6.42 Å². The zero-order valence-electron chi connectivity index (χ0n) is 11.0. The van der Waals surface area contributed by atoms with Crippen LogP contribution in [-0.2, 0) is 11.0 Å². The van der Waals surface area contributed by atoms with Crippen LogP contribution in [0.5, 0.6) is 0 Å². The molecule has 0 aliphatic rings. The van der Waals surface area contributed by atoms with Gasteiger partial charge in [-0.25, -0.2) is 4.79 Å². The van der Waals surface area contributed by atoms with Gasteiger partial charge in [-0.1, -0.05) is 29.3 Å². The SMILES string of the molecule is CCC[C@@H](NC(=O)c1ccc(Br)cc1C(F)(F)F)C(=O)O. The minimum atomic E-state index is -4.71. The molecule has 0 unspecified atom stereocenters. The van der Waals surface area contributed by atoms with Crippen molar-refractivity contribution in [1.29, 1.82) is 0 Å². The second-order valence-electron chi connectivity index (χ2n) is 4.34. The van der Waals surface area contributed by atoms with E-state index in [1.165, 1.54) is 6.07 Å². The fourth-order valence-corrected chi connectivity index (χ4v) is 2.09. The van der Waals surface area contributed by atoms with E-state index < -0.39 is 35.2 Å². The topological polar surface area (TPSA) is 66.4 Å². The van der Waals surface area contributed by atoms with Crippen LogP contribution >= 0.6 is 15.9 Å². The van der Waals surface area contributed by atoms with Crippen molar-refractivity contribution in [2.45, 2.75) is 32.0 Å². The minimum absolute atomic E-state index is 0.138. The molecule has 1 atom stereocenters. The van der Waals surface area contributed by atoms with E-state index in [0.717, 1.165) is 12.1 Å². The molecule has 0 bridgehead atoms. The quantitative estimate of drug-likeness (QED) is 0.837. The summed E-state index contributed by atoms with van der Waals surface area (Å²) in [5, 5.41) is 11.0. The third-order valence-corrected chi connectivity index (χ3v) is 3.21. The number of carboxylic acids is 1. The zero-order chi connectivity index (χ0) is 16.2. The Morgan fingerprint density at radius 2 is 2.00 bits per heavy atom. The van der Waals surface area contributed by atoms with Gasteiger partial charge >= 0.3 is 12.1 Å². The molecule has 1 aromatic carbocycles. The molecule has 0 radical (unpaired) electrons. The molecule has 0 saturated carbocycles. The van der Waals surface area contributed by atoms with Gasteiger partial charge < -0.3 is 10.4 Å². The lowest BCUT2D eigenvalue weighted by molar-refractivity contribution is -0.139. The van der Waals surface area contributed by atoms with Gasteiger partial charge in [0.2, 0.25) is 0 Å². The number of hydrogen-bond donors (Lipinski definition) is 2. The second-order valence-corrected chi connectivity index (χ2v) is 5.26. The van der Waals surface area contributed by atoms with Crippen molar-refractivity contribution >= 4 is 27.8 Å². The smallest absolute Gasteiger partial charge is 0.417 e. The highest BCUT2D eigenvalue weighted by Crippen LogP contribution is 2.33. The molecule has 4 nitrogen and oxygen atoms in total. The standard InChI is InChI=1S/C13H13BrF3NO3/c1-2-3-10(12(20)21)18-11(19)8-5-4-7(14)6-9(8)13(15,16)17/h4-6,10H,2-3H2,1H3,(H,18,19)(H,20,21)/t10-/m1/s1. The second kappa shape index (κ2) is 6.93. The summed E-state index contributed by atoms with van der Waals surface area (Å²) in [5.41, 5.74) is -1.72. The molecule has 2 N–H and O–H groups in total. The lowest BCUT2D eigenvalue weighted by Crippen LogP contribution is -2.41. The van der Waals surface area contributed by atoms with Gasteiger partial charge in [0, 0.05) is 4.47 Å². The molecular formula is C13H13BrF3NO3. The number of amides is 1. The summed E-state index contributed by atoms with van der Waals surface area (Å²) in [4.78, 5) is 22.9. The van der Waals surface area contributed by atoms with Gasteiger partial charge in [0.15, 0.2) is 0 Å². The Balaban J connectivity index is 3.10. The van der Waals surface area contributed by atoms with Crippen molar-refractivity contribution in [2.24, 2.45) is 0 Å². The van der Waals surface area contributed by atoms with Crippen LogP contribution in [0.15, 0.2) is 22.7 Å². The summed E-state index contributed by atoms with van der Waals surface area (Å²) in [6.07, 6.45) is -4.09. The Bertz CT molecular complexity index is 546. The van der Waals surface area contributed by atoms with Crippen LogP contribution in [0.3, 0.4) is 0 Å². The monoisotopic (exact) mass is 367 g/mol. The van der Waals surface area contributed by atoms with Crippen LogP contribution in [0.1, 0.15) is 35.7 Å². The molecule has 21 heavy (non-hydrogen) atoms. The van der Waals surface area contributed by atoms with E-state index in [4.69, 9.17) is 5.11 Å². The van der Waals surface area contributed by atoms with E-state index in [9.17, 15) is 22.8 Å². The Kier molecular flexibility index (Phi) is 5.77. The van der Waals surface area contributed by atoms with E-state index >= 15 is 0 Å². The van der Waals surface area contributed by atoms with Crippen LogP contribution in [-0.4, -0.2) is 23.0 Å². The summed E-state index contributed by atoms with van der Waals surface area (Å²) in [6, 6.07) is 1.87. The molecule has 0 aliphatic heterocycles. The van der Waals surface area contributed by atoms with Crippen molar-refractivity contribution in [2.75, 3.05) is 0 Å². The van der Waals surface area contributed by atoms with Gasteiger partial charge in [-0.3, -0.25) is 4.79 Å². The maximum atomic E-state index is 12.9. The van der Waals surface area contributed by atoms with Gasteiger partial charge in [0.05, 0.1) is 11.1 Å². The fraction of sp³-hybridized carbons (Fsp3) is 0.385. The first-order valence-electron chi connectivity index (χ1n) is 6.07. The summed E-state index contributed by atoms with van der Waals surface area (Å²) < 4.78 is 38.9. The van der Waals surface area contributed by atoms with Gasteiger partial charge in [-0.05, 0) is 24.6 Å². The molecule has 1 amide bonds. The predicted octanol–water partition coefficient (Wildman–Crippen LogP) is 3.45. The number of carbonyl (C=O) groups excluding carboxylic acids is 1. The van der Waals surface area contributed by atoms with Crippen molar-refractivity contribution in [3.05, 3.63) is 33.8 Å². The largest absolute Gasteiger partial charge is 0.480 e. The number of alkyl halides is 3. The fourth-order valence-electron chi connectivity index (χ4n) is 1.73. The summed E-state index contributed by atoms with van der Waals surface area (Å²) in [6.45, 7) is 1.71. The predicted molar refractivity (Wildman–Crippen MR) is 72.9 cm³/mol. The van der Waals surface area contributed by atoms with E-state index in [-0.39, 0.29) is 10.9 Å². The number of rotatable bonds is 5. The summed E-state index contributed by atoms with van der Waals surface area (Å²) >= 11 is 2.91. The van der Waals surface area contributed by atoms with Crippen LogP contribution in [0.2, 0.25) is 0 Å². The summed E-state index contributed by atoms with van der Waals surface area (Å²) in [7, 11) is 0. The van der Waals surface area contributed by atoms with Gasteiger partial charge in [0.1, 0.15) is 6.04 Å². The lowest BCUT2D eigenvalue weighted by Gasteiger charge is -2.17. The minimum Gasteiger partial charge on any atom is -0.480 e. The molecule has 0 fully saturated rings. The highest BCUT2D eigenvalue weighted by molar-refractivity contribution is 9.10. The number of carboxylic acid groups (broad SMARTS) is 1. The Morgan fingerprint density at radius 3 is 2.48 bits per heavy atom. The third-order valence-electron chi connectivity index (χ3n) is 2.71. The molecule has 1 rings (SSSR count). The van der Waals surface area contributed by atoms with Gasteiger partial charge in [0.25, 0.3) is 5.91 Å². The van der Waals surface area contributed by atoms with Gasteiger partial charge in [-0.15, -0.1) is 0 Å². The molecule has 0 saturated heterocycles. The average molecular weight is 368 g/mol. The Labute approximate surface area is 127 Å². The van der Waals surface area contributed by atoms with E-state index in [1.807, 2.05) is 0 Å². The summed E-state index contributed by atoms with van der Waals surface area (Å²) in [5.74, 6) is -2.34. The van der Waals surface area contributed by atoms with E-state index in [1.54, 1.807) is 6.92 Å². The van der Waals surface area contributed by atoms with Crippen LogP contribution < -0.4 is 5.32 Å². The molecule has 1 aromatic rings. The number of aliphatic carboxylic acids is 1. The molecule has 8 heteroatoms. The number of carbonyl (C=O) groups is 2. The number of benzene rings is 1. The zero-order valence-corrected chi connectivity index (χ0v) is 12.6. The highest BCUT2D eigenvalue weighted by Gasteiger charge is 2.36. The Morgan fingerprint density at radius 1 is 1.38 bits per heavy atom. The van der Waals surface area contributed by atoms with Crippen molar-refractivity contribution < 1.29 is 27.9 Å².